The van der Waals surface area contributed by atoms with Crippen LogP contribution in [0.15, 0.2) is 0 Å². The molecule has 0 saturated heterocycles. The van der Waals surface area contributed by atoms with Crippen LogP contribution in [0.1, 0.15) is 13.8 Å². The molecule has 0 amide bonds. The summed E-state index contributed by atoms with van der Waals surface area (Å²) >= 11 is 0. The number of ether oxygens (including phenoxy) is 1. The molecule has 1 N–H and O–H groups in total. The number of nitrogens with one attached hydrogen (secondary N) is 1. The van der Waals surface area contributed by atoms with Gasteiger partial charge >= 0.3 is 0 Å². The molecular formula is C7H14N2O. The zero-order valence-electron chi connectivity index (χ0n) is 6.77. The molecule has 0 rings (SSSR count). The van der Waals surface area contributed by atoms with Gasteiger partial charge in [0.05, 0.1) is 12.7 Å². The summed E-state index contributed by atoms with van der Waals surface area (Å²) in [6.07, 6.45) is 0. The van der Waals surface area contributed by atoms with E-state index in [-0.39, 0.29) is 0 Å². The van der Waals surface area contributed by atoms with Gasteiger partial charge in [0.2, 0.25) is 0 Å². The minimum atomic E-state index is -0.524. The number of rotatable bonds is 4. The Morgan fingerprint density at radius 3 is 2.60 bits per heavy atom. The molecule has 0 aliphatic carbocycles. The average Bonchev–Trinajstić information content (AvgIpc) is 1.89. The third-order valence-electron chi connectivity index (χ3n) is 1.25. The lowest BCUT2D eigenvalue weighted by atomic mass is 10.1. The van der Waals surface area contributed by atoms with Crippen molar-refractivity contribution in [1.82, 2.24) is 5.32 Å². The highest BCUT2D eigenvalue weighted by Gasteiger charge is 2.21. The molecule has 0 aromatic heterocycles. The molecule has 0 aromatic rings. The molecule has 3 heteroatoms. The maximum absolute atomic E-state index is 8.66. The van der Waals surface area contributed by atoms with Gasteiger partial charge in [-0.2, -0.15) is 5.26 Å². The van der Waals surface area contributed by atoms with Crippen LogP contribution in [0.2, 0.25) is 0 Å². The first kappa shape index (κ1) is 9.41. The topological polar surface area (TPSA) is 45.0 Å². The molecule has 0 saturated carbocycles. The van der Waals surface area contributed by atoms with Gasteiger partial charge in [0.1, 0.15) is 5.54 Å². The first-order valence-corrected chi connectivity index (χ1v) is 3.33. The summed E-state index contributed by atoms with van der Waals surface area (Å²) in [5, 5.41) is 11.7. The largest absolute Gasteiger partial charge is 0.382 e. The molecule has 0 spiro atoms. The molecule has 3 nitrogen and oxygen atoms in total. The number of methoxy groups -OCH3 is 1. The summed E-state index contributed by atoms with van der Waals surface area (Å²) in [6.45, 7) is 5.00. The second-order valence-corrected chi connectivity index (χ2v) is 2.41. The van der Waals surface area contributed by atoms with Crippen molar-refractivity contribution in [3.8, 4) is 6.07 Å². The van der Waals surface area contributed by atoms with Crippen LogP contribution in [-0.4, -0.2) is 25.8 Å². The monoisotopic (exact) mass is 142 g/mol. The Bertz CT molecular complexity index is 122. The quantitative estimate of drug-likeness (QED) is 0.622. The van der Waals surface area contributed by atoms with Crippen molar-refractivity contribution >= 4 is 0 Å². The van der Waals surface area contributed by atoms with Crippen molar-refractivity contribution in [2.24, 2.45) is 0 Å². The highest BCUT2D eigenvalue weighted by Crippen LogP contribution is 2.00. The molecular weight excluding hydrogens is 128 g/mol. The van der Waals surface area contributed by atoms with E-state index in [1.807, 2.05) is 13.8 Å². The van der Waals surface area contributed by atoms with Crippen LogP contribution >= 0.6 is 0 Å². The molecule has 0 aromatic carbocycles. The lowest BCUT2D eigenvalue weighted by Crippen LogP contribution is -2.44. The Morgan fingerprint density at radius 2 is 2.30 bits per heavy atom. The van der Waals surface area contributed by atoms with Gasteiger partial charge in [-0.05, 0) is 13.5 Å². The highest BCUT2D eigenvalue weighted by molar-refractivity contribution is 5.03. The minimum absolute atomic E-state index is 0.428. The van der Waals surface area contributed by atoms with E-state index in [0.717, 1.165) is 6.54 Å². The summed E-state index contributed by atoms with van der Waals surface area (Å²) in [4.78, 5) is 0. The van der Waals surface area contributed by atoms with Gasteiger partial charge in [0.15, 0.2) is 0 Å². The standard InChI is InChI=1S/C7H14N2O/c1-4-9-7(2,5-8)6-10-3/h9H,4,6H2,1-3H3. The smallest absolute Gasteiger partial charge is 0.127 e. The Kier molecular flexibility index (Phi) is 4.01. The molecule has 0 radical (unpaired) electrons. The van der Waals surface area contributed by atoms with Gasteiger partial charge < -0.3 is 4.74 Å². The summed E-state index contributed by atoms with van der Waals surface area (Å²) in [6, 6.07) is 2.14. The summed E-state index contributed by atoms with van der Waals surface area (Å²) < 4.78 is 4.87. The Balaban J connectivity index is 3.85. The van der Waals surface area contributed by atoms with Gasteiger partial charge in [-0.25, -0.2) is 0 Å². The van der Waals surface area contributed by atoms with Crippen molar-refractivity contribution in [2.45, 2.75) is 19.4 Å². The molecule has 1 unspecified atom stereocenters. The van der Waals surface area contributed by atoms with Gasteiger partial charge in [0.25, 0.3) is 0 Å². The van der Waals surface area contributed by atoms with Crippen LogP contribution < -0.4 is 5.32 Å². The molecule has 0 bridgehead atoms. The third-order valence-corrected chi connectivity index (χ3v) is 1.25. The van der Waals surface area contributed by atoms with Crippen LogP contribution in [0.25, 0.3) is 0 Å². The Morgan fingerprint density at radius 1 is 1.70 bits per heavy atom. The van der Waals surface area contributed by atoms with E-state index in [1.165, 1.54) is 0 Å². The Labute approximate surface area is 62.0 Å². The normalized spacial score (nSPS) is 15.8. The zero-order valence-corrected chi connectivity index (χ0v) is 6.77. The average molecular weight is 142 g/mol. The number of hydrogen-bond acceptors (Lipinski definition) is 3. The van der Waals surface area contributed by atoms with Crippen molar-refractivity contribution in [3.63, 3.8) is 0 Å². The van der Waals surface area contributed by atoms with Crippen molar-refractivity contribution < 1.29 is 4.74 Å². The fourth-order valence-electron chi connectivity index (χ4n) is 0.802. The van der Waals surface area contributed by atoms with E-state index in [4.69, 9.17) is 10.00 Å². The van der Waals surface area contributed by atoms with E-state index in [0.29, 0.717) is 6.61 Å². The van der Waals surface area contributed by atoms with Crippen LogP contribution in [-0.2, 0) is 4.74 Å². The predicted octanol–water partition coefficient (Wildman–Crippen LogP) is 0.525. The number of nitrogens with zero attached hydrogens (tertiary/aromatic N) is 1. The van der Waals surface area contributed by atoms with Crippen molar-refractivity contribution in [2.75, 3.05) is 20.3 Å². The molecule has 0 fully saturated rings. The SMILES string of the molecule is CCNC(C)(C#N)COC. The fraction of sp³-hybridized carbons (Fsp3) is 0.857. The Hall–Kier alpha value is -0.590. The van der Waals surface area contributed by atoms with E-state index >= 15 is 0 Å². The van der Waals surface area contributed by atoms with Crippen molar-refractivity contribution in [1.29, 1.82) is 5.26 Å². The van der Waals surface area contributed by atoms with Gasteiger partial charge in [-0.3, -0.25) is 5.32 Å². The second kappa shape index (κ2) is 4.26. The molecule has 58 valence electrons. The first-order valence-electron chi connectivity index (χ1n) is 3.33. The van der Waals surface area contributed by atoms with Gasteiger partial charge in [-0.15, -0.1) is 0 Å². The van der Waals surface area contributed by atoms with E-state index < -0.39 is 5.54 Å². The minimum Gasteiger partial charge on any atom is -0.382 e. The van der Waals surface area contributed by atoms with Crippen LogP contribution in [0, 0.1) is 11.3 Å². The lowest BCUT2D eigenvalue weighted by Gasteiger charge is -2.20. The fourth-order valence-corrected chi connectivity index (χ4v) is 0.802. The highest BCUT2D eigenvalue weighted by atomic mass is 16.5. The second-order valence-electron chi connectivity index (χ2n) is 2.41. The first-order chi connectivity index (χ1) is 4.68. The summed E-state index contributed by atoms with van der Waals surface area (Å²) in [5.74, 6) is 0. The third kappa shape index (κ3) is 2.81. The lowest BCUT2D eigenvalue weighted by molar-refractivity contribution is 0.147. The van der Waals surface area contributed by atoms with Gasteiger partial charge in [0, 0.05) is 7.11 Å². The molecule has 0 heterocycles. The van der Waals surface area contributed by atoms with E-state index in [2.05, 4.69) is 11.4 Å². The van der Waals surface area contributed by atoms with Crippen LogP contribution in [0.3, 0.4) is 0 Å². The maximum Gasteiger partial charge on any atom is 0.127 e. The number of hydrogen-bond donors (Lipinski definition) is 1. The maximum atomic E-state index is 8.66. The van der Waals surface area contributed by atoms with Gasteiger partial charge in [-0.1, -0.05) is 6.92 Å². The summed E-state index contributed by atoms with van der Waals surface area (Å²) in [7, 11) is 1.59. The molecule has 0 aliphatic heterocycles. The van der Waals surface area contributed by atoms with E-state index in [9.17, 15) is 0 Å². The van der Waals surface area contributed by atoms with Crippen molar-refractivity contribution in [3.05, 3.63) is 0 Å². The number of nitriles is 1. The number of likely N-dealkylation sites (N-methyl/N-ethyl adjacent to an activating group) is 1. The van der Waals surface area contributed by atoms with E-state index in [1.54, 1.807) is 7.11 Å². The van der Waals surface area contributed by atoms with Crippen LogP contribution in [0.5, 0.6) is 0 Å². The summed E-state index contributed by atoms with van der Waals surface area (Å²) in [5.41, 5.74) is -0.524. The van der Waals surface area contributed by atoms with Crippen LogP contribution in [0.4, 0.5) is 0 Å². The molecule has 0 aliphatic rings. The molecule has 1 atom stereocenters. The predicted molar refractivity (Wildman–Crippen MR) is 39.6 cm³/mol. The zero-order chi connectivity index (χ0) is 8.04. The molecule has 10 heavy (non-hydrogen) atoms.